The van der Waals surface area contributed by atoms with Crippen LogP contribution in [0.1, 0.15) is 71.6 Å². The minimum Gasteiger partial charge on any atom is -0.376 e. The topological polar surface area (TPSA) is 27.7 Å². The summed E-state index contributed by atoms with van der Waals surface area (Å²) in [6, 6.07) is 0. The van der Waals surface area contributed by atoms with Gasteiger partial charge in [0.05, 0.1) is 6.61 Å². The third-order valence-corrected chi connectivity index (χ3v) is 3.21. The summed E-state index contributed by atoms with van der Waals surface area (Å²) in [5, 5.41) is 0. The van der Waals surface area contributed by atoms with E-state index in [-0.39, 0.29) is 6.29 Å². The Labute approximate surface area is 126 Å². The van der Waals surface area contributed by atoms with Crippen LogP contribution in [0.3, 0.4) is 0 Å². The van der Waals surface area contributed by atoms with Gasteiger partial charge in [0.1, 0.15) is 0 Å². The van der Waals surface area contributed by atoms with E-state index in [9.17, 15) is 0 Å². The first-order valence-corrected chi connectivity index (χ1v) is 8.45. The van der Waals surface area contributed by atoms with Crippen LogP contribution in [0.4, 0.5) is 0 Å². The predicted molar refractivity (Wildman–Crippen MR) is 84.8 cm³/mol. The first kappa shape index (κ1) is 19.9. The Morgan fingerprint density at radius 1 is 0.750 bits per heavy atom. The summed E-state index contributed by atoms with van der Waals surface area (Å²) in [5.41, 5.74) is 0. The minimum atomic E-state index is -0.221. The van der Waals surface area contributed by atoms with Gasteiger partial charge >= 0.3 is 0 Å². The molecular weight excluding hydrogens is 252 g/mol. The molecule has 0 aliphatic heterocycles. The highest BCUT2D eigenvalue weighted by molar-refractivity contribution is 4.48. The van der Waals surface area contributed by atoms with Crippen molar-refractivity contribution in [2.24, 2.45) is 0 Å². The molecule has 0 fully saturated rings. The van der Waals surface area contributed by atoms with E-state index in [1.165, 1.54) is 44.9 Å². The number of rotatable bonds is 16. The predicted octanol–water partition coefficient (Wildman–Crippen LogP) is 4.75. The van der Waals surface area contributed by atoms with Crippen molar-refractivity contribution in [2.75, 3.05) is 26.4 Å². The fourth-order valence-electron chi connectivity index (χ4n) is 2.02. The molecule has 0 heterocycles. The molecule has 0 saturated heterocycles. The maximum Gasteiger partial charge on any atom is 0.180 e. The van der Waals surface area contributed by atoms with Gasteiger partial charge in [-0.05, 0) is 19.8 Å². The average molecular weight is 287 g/mol. The van der Waals surface area contributed by atoms with Crippen LogP contribution in [0.25, 0.3) is 0 Å². The summed E-state index contributed by atoms with van der Waals surface area (Å²) in [6.45, 7) is 10.5. The molecule has 0 amide bonds. The van der Waals surface area contributed by atoms with E-state index < -0.39 is 0 Å². The van der Waals surface area contributed by atoms with Gasteiger partial charge in [-0.1, -0.05) is 58.8 Å². The maximum atomic E-state index is 5.72. The van der Waals surface area contributed by atoms with Crippen LogP contribution in [0, 0.1) is 6.92 Å². The summed E-state index contributed by atoms with van der Waals surface area (Å²) in [5.74, 6) is 0. The molecule has 1 atom stereocenters. The van der Waals surface area contributed by atoms with E-state index in [1.807, 2.05) is 0 Å². The lowest BCUT2D eigenvalue weighted by molar-refractivity contribution is -0.171. The molecule has 0 bridgehead atoms. The van der Waals surface area contributed by atoms with E-state index in [1.54, 1.807) is 0 Å². The van der Waals surface area contributed by atoms with Gasteiger partial charge in [-0.3, -0.25) is 0 Å². The molecule has 1 unspecified atom stereocenters. The lowest BCUT2D eigenvalue weighted by Crippen LogP contribution is -2.24. The highest BCUT2D eigenvalue weighted by Gasteiger charge is 2.08. The normalized spacial score (nSPS) is 12.8. The van der Waals surface area contributed by atoms with Crippen molar-refractivity contribution >= 4 is 0 Å². The summed E-state index contributed by atoms with van der Waals surface area (Å²) in [4.78, 5) is 0. The minimum absolute atomic E-state index is 0.221. The molecule has 1 radical (unpaired) electrons. The molecule has 20 heavy (non-hydrogen) atoms. The Hall–Kier alpha value is -0.120. The molecule has 0 aromatic rings. The van der Waals surface area contributed by atoms with Gasteiger partial charge in [0.2, 0.25) is 0 Å². The molecule has 0 rings (SSSR count). The van der Waals surface area contributed by atoms with Crippen molar-refractivity contribution in [3.63, 3.8) is 0 Å². The molecule has 0 N–H and O–H groups in total. The Kier molecular flexibility index (Phi) is 16.8. The van der Waals surface area contributed by atoms with Crippen LogP contribution >= 0.6 is 0 Å². The van der Waals surface area contributed by atoms with Crippen LogP contribution in [-0.4, -0.2) is 32.7 Å². The maximum absolute atomic E-state index is 5.72. The summed E-state index contributed by atoms with van der Waals surface area (Å²) in [6.07, 6.45) is 11.3. The fraction of sp³-hybridized carbons (Fsp3) is 0.941. The second kappa shape index (κ2) is 16.9. The highest BCUT2D eigenvalue weighted by Crippen LogP contribution is 2.09. The number of hydrogen-bond acceptors (Lipinski definition) is 3. The quantitative estimate of drug-likeness (QED) is 0.303. The summed E-state index contributed by atoms with van der Waals surface area (Å²) >= 11 is 0. The van der Waals surface area contributed by atoms with Crippen molar-refractivity contribution < 1.29 is 14.2 Å². The molecule has 0 saturated carbocycles. The number of ether oxygens (including phenoxy) is 3. The Balaban J connectivity index is 3.38. The van der Waals surface area contributed by atoms with E-state index >= 15 is 0 Å². The monoisotopic (exact) mass is 287 g/mol. The van der Waals surface area contributed by atoms with E-state index in [4.69, 9.17) is 14.2 Å². The summed E-state index contributed by atoms with van der Waals surface area (Å²) in [7, 11) is 0. The van der Waals surface area contributed by atoms with Gasteiger partial charge in [-0.25, -0.2) is 0 Å². The smallest absolute Gasteiger partial charge is 0.180 e. The lowest BCUT2D eigenvalue weighted by atomic mass is 10.1. The average Bonchev–Trinajstić information content (AvgIpc) is 2.47. The van der Waals surface area contributed by atoms with Crippen molar-refractivity contribution in [1.29, 1.82) is 0 Å². The van der Waals surface area contributed by atoms with Gasteiger partial charge in [-0.2, -0.15) is 0 Å². The molecule has 0 spiro atoms. The second-order valence-electron chi connectivity index (χ2n) is 5.22. The van der Waals surface area contributed by atoms with Gasteiger partial charge in [0.15, 0.2) is 6.29 Å². The Morgan fingerprint density at radius 3 is 1.95 bits per heavy atom. The first-order valence-electron chi connectivity index (χ1n) is 8.45. The molecule has 0 aromatic heterocycles. The number of hydrogen-bond donors (Lipinski definition) is 0. The Morgan fingerprint density at radius 2 is 1.35 bits per heavy atom. The molecular formula is C17H35O3. The molecule has 121 valence electrons. The standard InChI is InChI=1S/C17H35O3/c1-4-7-8-9-10-11-12-13-15-20-17(16-18-6-3)19-14-5-2/h17H,3-16H2,1-2H3. The van der Waals surface area contributed by atoms with Crippen LogP contribution < -0.4 is 0 Å². The molecule has 3 heteroatoms. The zero-order valence-electron chi connectivity index (χ0n) is 13.7. The van der Waals surface area contributed by atoms with Crippen LogP contribution in [0.15, 0.2) is 0 Å². The highest BCUT2D eigenvalue weighted by atomic mass is 16.7. The zero-order chi connectivity index (χ0) is 14.9. The van der Waals surface area contributed by atoms with E-state index in [0.29, 0.717) is 13.2 Å². The molecule has 0 aliphatic rings. The Bertz CT molecular complexity index is 166. The second-order valence-corrected chi connectivity index (χ2v) is 5.22. The van der Waals surface area contributed by atoms with Crippen molar-refractivity contribution in [3.8, 4) is 0 Å². The van der Waals surface area contributed by atoms with Crippen molar-refractivity contribution in [1.82, 2.24) is 0 Å². The van der Waals surface area contributed by atoms with E-state index in [2.05, 4.69) is 20.8 Å². The van der Waals surface area contributed by atoms with Gasteiger partial charge in [-0.15, -0.1) is 0 Å². The summed E-state index contributed by atoms with van der Waals surface area (Å²) < 4.78 is 16.6. The molecule has 3 nitrogen and oxygen atoms in total. The first-order chi connectivity index (χ1) is 9.85. The van der Waals surface area contributed by atoms with Crippen LogP contribution in [0.2, 0.25) is 0 Å². The lowest BCUT2D eigenvalue weighted by Gasteiger charge is -2.18. The third kappa shape index (κ3) is 14.3. The van der Waals surface area contributed by atoms with Crippen molar-refractivity contribution in [3.05, 3.63) is 6.92 Å². The largest absolute Gasteiger partial charge is 0.376 e. The van der Waals surface area contributed by atoms with Crippen LogP contribution in [-0.2, 0) is 14.2 Å². The van der Waals surface area contributed by atoms with E-state index in [0.717, 1.165) is 26.1 Å². The van der Waals surface area contributed by atoms with Gasteiger partial charge in [0.25, 0.3) is 0 Å². The third-order valence-electron chi connectivity index (χ3n) is 3.21. The zero-order valence-corrected chi connectivity index (χ0v) is 13.7. The fourth-order valence-corrected chi connectivity index (χ4v) is 2.02. The molecule has 0 aliphatic carbocycles. The molecule has 0 aromatic carbocycles. The van der Waals surface area contributed by atoms with Crippen LogP contribution in [0.5, 0.6) is 0 Å². The van der Waals surface area contributed by atoms with Gasteiger partial charge in [0, 0.05) is 19.8 Å². The van der Waals surface area contributed by atoms with Crippen molar-refractivity contribution in [2.45, 2.75) is 77.9 Å². The van der Waals surface area contributed by atoms with Gasteiger partial charge < -0.3 is 14.2 Å². The number of unbranched alkanes of at least 4 members (excludes halogenated alkanes) is 7. The SMILES string of the molecule is [CH2]COCC(OCCC)OCCCCCCCCCC.